The lowest BCUT2D eigenvalue weighted by Gasteiger charge is -2.25. The maximum atomic E-state index is 13.9. The van der Waals surface area contributed by atoms with Crippen molar-refractivity contribution >= 4 is 17.7 Å². The lowest BCUT2D eigenvalue weighted by molar-refractivity contribution is -0.140. The fourth-order valence-corrected chi connectivity index (χ4v) is 2.64. The van der Waals surface area contributed by atoms with Crippen LogP contribution in [0.25, 0.3) is 11.1 Å². The van der Waals surface area contributed by atoms with Gasteiger partial charge in [-0.1, -0.05) is 18.2 Å². The fraction of sp³-hybridized carbons (Fsp3) is 0.211. The van der Waals surface area contributed by atoms with Crippen LogP contribution in [0.1, 0.15) is 10.4 Å². The summed E-state index contributed by atoms with van der Waals surface area (Å²) < 4.78 is 18.8. The average molecular weight is 389 g/mol. The maximum absolute atomic E-state index is 13.9. The Labute approximate surface area is 160 Å². The van der Waals surface area contributed by atoms with Crippen LogP contribution in [0.2, 0.25) is 0 Å². The number of hydroxylamine groups is 1. The number of rotatable bonds is 6. The fourth-order valence-electron chi connectivity index (χ4n) is 2.64. The van der Waals surface area contributed by atoms with Gasteiger partial charge in [0.05, 0.1) is 7.11 Å². The van der Waals surface area contributed by atoms with Crippen LogP contribution in [-0.4, -0.2) is 55.1 Å². The summed E-state index contributed by atoms with van der Waals surface area (Å²) in [7, 11) is 3.95. The first-order chi connectivity index (χ1) is 13.3. The van der Waals surface area contributed by atoms with Crippen molar-refractivity contribution in [3.63, 3.8) is 0 Å². The van der Waals surface area contributed by atoms with E-state index in [1.807, 2.05) is 0 Å². The number of nitrogens with zero attached hydrogens (tertiary/aromatic N) is 1. The lowest BCUT2D eigenvalue weighted by Crippen LogP contribution is -2.54. The molecule has 8 nitrogen and oxygen atoms in total. The average Bonchev–Trinajstić information content (AvgIpc) is 2.72. The van der Waals surface area contributed by atoms with Gasteiger partial charge in [0, 0.05) is 19.7 Å². The summed E-state index contributed by atoms with van der Waals surface area (Å²) in [4.78, 5) is 37.2. The summed E-state index contributed by atoms with van der Waals surface area (Å²) in [6, 6.07) is 9.17. The van der Waals surface area contributed by atoms with Crippen LogP contribution in [0.5, 0.6) is 5.75 Å². The second-order valence-electron chi connectivity index (χ2n) is 5.84. The Morgan fingerprint density at radius 2 is 1.68 bits per heavy atom. The minimum absolute atomic E-state index is 0.125. The molecule has 0 radical (unpaired) electrons. The van der Waals surface area contributed by atoms with Crippen LogP contribution in [0, 0.1) is 5.82 Å². The number of ether oxygens (including phenoxy) is 1. The topological polar surface area (TPSA) is 108 Å². The highest BCUT2D eigenvalue weighted by Gasteiger charge is 2.33. The van der Waals surface area contributed by atoms with Crippen molar-refractivity contribution in [1.82, 2.24) is 15.7 Å². The first-order valence-corrected chi connectivity index (χ1v) is 8.20. The largest absolute Gasteiger partial charge is 0.494 e. The summed E-state index contributed by atoms with van der Waals surface area (Å²) >= 11 is 0. The van der Waals surface area contributed by atoms with Crippen LogP contribution in [-0.2, 0) is 9.59 Å². The van der Waals surface area contributed by atoms with Gasteiger partial charge in [0.1, 0.15) is 0 Å². The third kappa shape index (κ3) is 4.26. The zero-order chi connectivity index (χ0) is 20.8. The molecule has 0 aliphatic heterocycles. The molecule has 3 N–H and O–H groups in total. The minimum Gasteiger partial charge on any atom is -0.494 e. The third-order valence-corrected chi connectivity index (χ3v) is 4.18. The molecule has 0 heterocycles. The second kappa shape index (κ2) is 8.96. The molecule has 0 saturated heterocycles. The van der Waals surface area contributed by atoms with E-state index in [-0.39, 0.29) is 11.3 Å². The molecular weight excluding hydrogens is 369 g/mol. The Morgan fingerprint density at radius 1 is 1.07 bits per heavy atom. The van der Waals surface area contributed by atoms with Gasteiger partial charge >= 0.3 is 0 Å². The summed E-state index contributed by atoms with van der Waals surface area (Å²) in [5, 5.41) is 11.1. The van der Waals surface area contributed by atoms with E-state index in [9.17, 15) is 18.8 Å². The number of benzene rings is 2. The molecule has 9 heteroatoms. The van der Waals surface area contributed by atoms with Crippen LogP contribution < -0.4 is 15.5 Å². The van der Waals surface area contributed by atoms with Gasteiger partial charge < -0.3 is 15.0 Å². The van der Waals surface area contributed by atoms with E-state index in [2.05, 4.69) is 5.32 Å². The minimum atomic E-state index is -1.54. The number of likely N-dealkylation sites (N-methyl/N-ethyl adjacent to an activating group) is 2. The van der Waals surface area contributed by atoms with Gasteiger partial charge in [-0.15, -0.1) is 0 Å². The molecular formula is C19H20FN3O5. The zero-order valence-corrected chi connectivity index (χ0v) is 15.5. The number of nitrogens with one attached hydrogen (secondary N) is 2. The van der Waals surface area contributed by atoms with Crippen LogP contribution in [0.4, 0.5) is 4.39 Å². The van der Waals surface area contributed by atoms with Crippen molar-refractivity contribution in [2.24, 2.45) is 0 Å². The van der Waals surface area contributed by atoms with Gasteiger partial charge in [0.15, 0.2) is 17.6 Å². The number of methoxy groups -OCH3 is 1. The Bertz CT molecular complexity index is 870. The van der Waals surface area contributed by atoms with Gasteiger partial charge in [0.2, 0.25) is 0 Å². The molecule has 2 aromatic carbocycles. The molecule has 2 aromatic rings. The van der Waals surface area contributed by atoms with Crippen molar-refractivity contribution in [3.8, 4) is 16.9 Å². The molecule has 0 aromatic heterocycles. The molecule has 1 unspecified atom stereocenters. The molecule has 0 bridgehead atoms. The van der Waals surface area contributed by atoms with Crippen molar-refractivity contribution in [1.29, 1.82) is 0 Å². The zero-order valence-electron chi connectivity index (χ0n) is 15.5. The molecule has 28 heavy (non-hydrogen) atoms. The van der Waals surface area contributed by atoms with E-state index in [0.717, 1.165) is 4.90 Å². The van der Waals surface area contributed by atoms with Crippen LogP contribution in [0.3, 0.4) is 0 Å². The Hall–Kier alpha value is -3.46. The Balaban J connectivity index is 2.26. The number of amides is 3. The molecule has 0 spiro atoms. The van der Waals surface area contributed by atoms with E-state index >= 15 is 0 Å². The van der Waals surface area contributed by atoms with Crippen molar-refractivity contribution < 1.29 is 28.7 Å². The van der Waals surface area contributed by atoms with E-state index in [1.54, 1.807) is 18.2 Å². The van der Waals surface area contributed by atoms with Gasteiger partial charge in [-0.2, -0.15) is 0 Å². The molecule has 0 saturated carbocycles. The molecule has 1 atom stereocenters. The van der Waals surface area contributed by atoms with E-state index in [1.165, 1.54) is 51.0 Å². The smallest absolute Gasteiger partial charge is 0.275 e. The Kier molecular flexibility index (Phi) is 6.67. The predicted molar refractivity (Wildman–Crippen MR) is 98.3 cm³/mol. The standard InChI is InChI=1S/C19H20FN3O5/c1-21-17(24)16(18(25)22-27)23(2)19(26)12-6-4-11(5-7-12)13-8-9-15(28-3)14(20)10-13/h4-10,16,27H,1-3H3,(H,21,24)(H,22,25). The van der Waals surface area contributed by atoms with Gasteiger partial charge in [-0.25, -0.2) is 9.87 Å². The van der Waals surface area contributed by atoms with Gasteiger partial charge in [-0.3, -0.25) is 19.6 Å². The SMILES string of the molecule is CNC(=O)C(C(=O)NO)N(C)C(=O)c1ccc(-c2ccc(OC)c(F)c2)cc1. The highest BCUT2D eigenvalue weighted by molar-refractivity contribution is 6.08. The van der Waals surface area contributed by atoms with Crippen molar-refractivity contribution in [2.75, 3.05) is 21.2 Å². The maximum Gasteiger partial charge on any atom is 0.275 e. The lowest BCUT2D eigenvalue weighted by atomic mass is 10.0. The van der Waals surface area contributed by atoms with E-state index < -0.39 is 29.6 Å². The quantitative estimate of drug-likeness (QED) is 0.391. The normalized spacial score (nSPS) is 11.3. The highest BCUT2D eigenvalue weighted by Crippen LogP contribution is 2.26. The van der Waals surface area contributed by atoms with E-state index in [4.69, 9.17) is 9.94 Å². The first-order valence-electron chi connectivity index (χ1n) is 8.20. The molecule has 148 valence electrons. The van der Waals surface area contributed by atoms with Gasteiger partial charge in [-0.05, 0) is 35.4 Å². The molecule has 3 amide bonds. The number of carbonyl (C=O) groups is 3. The first kappa shape index (κ1) is 20.8. The highest BCUT2D eigenvalue weighted by atomic mass is 19.1. The molecule has 0 fully saturated rings. The summed E-state index contributed by atoms with van der Waals surface area (Å²) in [5.41, 5.74) is 2.84. The molecule has 0 aliphatic rings. The number of carbonyl (C=O) groups excluding carboxylic acids is 3. The monoisotopic (exact) mass is 389 g/mol. The third-order valence-electron chi connectivity index (χ3n) is 4.18. The Morgan fingerprint density at radius 3 is 2.18 bits per heavy atom. The van der Waals surface area contributed by atoms with E-state index in [0.29, 0.717) is 11.1 Å². The predicted octanol–water partition coefficient (Wildman–Crippen LogP) is 1.19. The van der Waals surface area contributed by atoms with Crippen molar-refractivity contribution in [2.45, 2.75) is 6.04 Å². The van der Waals surface area contributed by atoms with Crippen LogP contribution in [0.15, 0.2) is 42.5 Å². The summed E-state index contributed by atoms with van der Waals surface area (Å²) in [5.74, 6) is -2.79. The van der Waals surface area contributed by atoms with Crippen molar-refractivity contribution in [3.05, 3.63) is 53.8 Å². The molecule has 2 rings (SSSR count). The summed E-state index contributed by atoms with van der Waals surface area (Å²) in [6.07, 6.45) is 0. The van der Waals surface area contributed by atoms with Gasteiger partial charge in [0.25, 0.3) is 17.7 Å². The number of hydrogen-bond acceptors (Lipinski definition) is 5. The molecule has 0 aliphatic carbocycles. The summed E-state index contributed by atoms with van der Waals surface area (Å²) in [6.45, 7) is 0. The van der Waals surface area contributed by atoms with Crippen LogP contribution >= 0.6 is 0 Å². The number of hydrogen-bond donors (Lipinski definition) is 3. The number of halogens is 1. The second-order valence-corrected chi connectivity index (χ2v) is 5.84.